The van der Waals surface area contributed by atoms with E-state index in [9.17, 15) is 0 Å². The first-order valence-corrected chi connectivity index (χ1v) is 8.01. The van der Waals surface area contributed by atoms with E-state index >= 15 is 0 Å². The van der Waals surface area contributed by atoms with Crippen LogP contribution in [-0.2, 0) is 25.3 Å². The Morgan fingerprint density at radius 2 is 2.15 bits per heavy atom. The van der Waals surface area contributed by atoms with Gasteiger partial charge in [0.15, 0.2) is 0 Å². The highest BCUT2D eigenvalue weighted by Gasteiger charge is 2.21. The minimum atomic E-state index is 0.575. The lowest BCUT2D eigenvalue weighted by Crippen LogP contribution is -2.31. The van der Waals surface area contributed by atoms with E-state index in [-0.39, 0.29) is 0 Å². The summed E-state index contributed by atoms with van der Waals surface area (Å²) in [6, 6.07) is 6.60. The molecule has 0 fully saturated rings. The third-order valence-electron chi connectivity index (χ3n) is 4.39. The number of hydrogen-bond donors (Lipinski definition) is 0. The van der Waals surface area contributed by atoms with Crippen molar-refractivity contribution in [3.05, 3.63) is 40.6 Å². The molecule has 0 aliphatic carbocycles. The predicted octanol–water partition coefficient (Wildman–Crippen LogP) is 3.91. The molecule has 3 rings (SSSR count). The average molecular weight is 289 g/mol. The van der Waals surface area contributed by atoms with Crippen molar-refractivity contribution < 1.29 is 0 Å². The summed E-state index contributed by atoms with van der Waals surface area (Å²) >= 11 is 6.28. The molecule has 2 nitrogen and oxygen atoms in total. The van der Waals surface area contributed by atoms with Crippen LogP contribution < -0.4 is 0 Å². The van der Waals surface area contributed by atoms with Gasteiger partial charge in [-0.15, -0.1) is 11.6 Å². The zero-order chi connectivity index (χ0) is 14.1. The normalized spacial score (nSPS) is 15.6. The maximum Gasteiger partial charge on any atom is 0.0708 e. The molecule has 3 heteroatoms. The van der Waals surface area contributed by atoms with Gasteiger partial charge in [-0.25, -0.2) is 0 Å². The molecule has 20 heavy (non-hydrogen) atoms. The third kappa shape index (κ3) is 2.32. The fraction of sp³-hybridized carbons (Fsp3) is 0.471. The van der Waals surface area contributed by atoms with E-state index in [0.29, 0.717) is 5.88 Å². The molecule has 2 heterocycles. The Hall–Kier alpha value is -1.12. The number of rotatable bonds is 3. The van der Waals surface area contributed by atoms with Crippen LogP contribution in [0.4, 0.5) is 0 Å². The van der Waals surface area contributed by atoms with Gasteiger partial charge in [0.1, 0.15) is 0 Å². The van der Waals surface area contributed by atoms with Crippen LogP contribution in [0.25, 0.3) is 10.9 Å². The molecule has 0 spiro atoms. The maximum absolute atomic E-state index is 6.28. The lowest BCUT2D eigenvalue weighted by Gasteiger charge is -2.29. The summed E-state index contributed by atoms with van der Waals surface area (Å²) < 4.78 is 0. The van der Waals surface area contributed by atoms with E-state index < -0.39 is 0 Å². The minimum absolute atomic E-state index is 0.575. The largest absolute Gasteiger partial charge is 0.299 e. The van der Waals surface area contributed by atoms with Gasteiger partial charge in [-0.05, 0) is 41.8 Å². The number of pyridine rings is 1. The van der Waals surface area contributed by atoms with Crippen molar-refractivity contribution >= 4 is 22.5 Å². The molecule has 0 saturated heterocycles. The fourth-order valence-corrected chi connectivity index (χ4v) is 3.38. The minimum Gasteiger partial charge on any atom is -0.299 e. The van der Waals surface area contributed by atoms with Crippen LogP contribution in [0, 0.1) is 0 Å². The van der Waals surface area contributed by atoms with Crippen molar-refractivity contribution in [1.29, 1.82) is 0 Å². The molecular weight excluding hydrogens is 268 g/mol. The molecule has 106 valence electrons. The second-order valence-electron chi connectivity index (χ2n) is 5.47. The van der Waals surface area contributed by atoms with Crippen LogP contribution in [-0.4, -0.2) is 23.0 Å². The van der Waals surface area contributed by atoms with Gasteiger partial charge >= 0.3 is 0 Å². The van der Waals surface area contributed by atoms with Gasteiger partial charge in [-0.3, -0.25) is 9.88 Å². The molecule has 1 aromatic heterocycles. The van der Waals surface area contributed by atoms with Gasteiger partial charge in [0.25, 0.3) is 0 Å². The zero-order valence-corrected chi connectivity index (χ0v) is 13.0. The van der Waals surface area contributed by atoms with Crippen LogP contribution in [0.1, 0.15) is 36.2 Å². The van der Waals surface area contributed by atoms with Crippen LogP contribution in [0.3, 0.4) is 0 Å². The number of hydrogen-bond acceptors (Lipinski definition) is 2. The van der Waals surface area contributed by atoms with E-state index in [4.69, 9.17) is 16.6 Å². The second-order valence-corrected chi connectivity index (χ2v) is 5.74. The monoisotopic (exact) mass is 288 g/mol. The molecule has 0 atom stereocenters. The summed E-state index contributed by atoms with van der Waals surface area (Å²) in [4.78, 5) is 7.35. The Labute approximate surface area is 125 Å². The van der Waals surface area contributed by atoms with Crippen LogP contribution in [0.15, 0.2) is 18.2 Å². The van der Waals surface area contributed by atoms with Crippen molar-refractivity contribution in [2.24, 2.45) is 0 Å². The number of aryl methyl sites for hydroxylation is 1. The average Bonchev–Trinajstić information content (AvgIpc) is 2.51. The van der Waals surface area contributed by atoms with Crippen LogP contribution >= 0.6 is 11.6 Å². The zero-order valence-electron chi connectivity index (χ0n) is 12.2. The molecule has 0 amide bonds. The van der Waals surface area contributed by atoms with E-state index in [0.717, 1.165) is 38.0 Å². The van der Waals surface area contributed by atoms with Crippen molar-refractivity contribution in [2.45, 2.75) is 39.1 Å². The van der Waals surface area contributed by atoms with Gasteiger partial charge < -0.3 is 0 Å². The van der Waals surface area contributed by atoms with Crippen LogP contribution in [0.5, 0.6) is 0 Å². The smallest absolute Gasteiger partial charge is 0.0708 e. The number of halogens is 1. The highest BCUT2D eigenvalue weighted by molar-refractivity contribution is 6.18. The summed E-state index contributed by atoms with van der Waals surface area (Å²) in [5.74, 6) is 0.575. The van der Waals surface area contributed by atoms with E-state index in [1.165, 1.54) is 27.8 Å². The van der Waals surface area contributed by atoms with Gasteiger partial charge in [-0.2, -0.15) is 0 Å². The van der Waals surface area contributed by atoms with Gasteiger partial charge in [0, 0.05) is 36.5 Å². The standard InChI is InChI=1S/C17H21ClN2/c1-3-12-5-6-16-13(9-12)14(10-18)15-11-20(4-2)8-7-17(15)19-16/h5-6,9H,3-4,7-8,10-11H2,1-2H3. The molecule has 1 aliphatic rings. The Morgan fingerprint density at radius 3 is 2.85 bits per heavy atom. The van der Waals surface area contributed by atoms with Gasteiger partial charge in [0.2, 0.25) is 0 Å². The molecule has 0 bridgehead atoms. The topological polar surface area (TPSA) is 16.1 Å². The van der Waals surface area contributed by atoms with E-state index in [1.54, 1.807) is 0 Å². The van der Waals surface area contributed by atoms with Crippen molar-refractivity contribution in [3.8, 4) is 0 Å². The van der Waals surface area contributed by atoms with Crippen molar-refractivity contribution in [3.63, 3.8) is 0 Å². The molecule has 2 aromatic rings. The third-order valence-corrected chi connectivity index (χ3v) is 4.66. The van der Waals surface area contributed by atoms with Crippen LogP contribution in [0.2, 0.25) is 0 Å². The number of alkyl halides is 1. The Balaban J connectivity index is 2.21. The number of nitrogens with zero attached hydrogens (tertiary/aromatic N) is 2. The summed E-state index contributed by atoms with van der Waals surface area (Å²) in [5.41, 5.74) is 6.37. The number of benzene rings is 1. The fourth-order valence-electron chi connectivity index (χ4n) is 3.07. The molecule has 0 saturated carbocycles. The lowest BCUT2D eigenvalue weighted by atomic mass is 9.95. The number of fused-ring (bicyclic) bond motifs is 2. The Morgan fingerprint density at radius 1 is 1.30 bits per heavy atom. The quantitative estimate of drug-likeness (QED) is 0.796. The first-order chi connectivity index (χ1) is 9.76. The number of aromatic nitrogens is 1. The molecule has 1 aromatic carbocycles. The Bertz CT molecular complexity index is 636. The highest BCUT2D eigenvalue weighted by atomic mass is 35.5. The summed E-state index contributed by atoms with van der Waals surface area (Å²) in [5, 5.41) is 1.25. The molecular formula is C17H21ClN2. The summed E-state index contributed by atoms with van der Waals surface area (Å²) in [7, 11) is 0. The first kappa shape index (κ1) is 13.8. The molecule has 0 radical (unpaired) electrons. The maximum atomic E-state index is 6.28. The van der Waals surface area contributed by atoms with Gasteiger partial charge in [0.05, 0.1) is 5.52 Å². The Kier molecular flexibility index (Phi) is 3.95. The van der Waals surface area contributed by atoms with E-state index in [2.05, 4.69) is 36.9 Å². The van der Waals surface area contributed by atoms with E-state index in [1.807, 2.05) is 0 Å². The molecule has 0 N–H and O–H groups in total. The first-order valence-electron chi connectivity index (χ1n) is 7.48. The molecule has 0 unspecified atom stereocenters. The van der Waals surface area contributed by atoms with Gasteiger partial charge in [-0.1, -0.05) is 19.9 Å². The van der Waals surface area contributed by atoms with Crippen molar-refractivity contribution in [1.82, 2.24) is 9.88 Å². The molecule has 1 aliphatic heterocycles. The lowest BCUT2D eigenvalue weighted by molar-refractivity contribution is 0.265. The summed E-state index contributed by atoms with van der Waals surface area (Å²) in [6.07, 6.45) is 2.09. The summed E-state index contributed by atoms with van der Waals surface area (Å²) in [6.45, 7) is 7.60. The number of likely N-dealkylation sites (N-methyl/N-ethyl adjacent to an activating group) is 1. The highest BCUT2D eigenvalue weighted by Crippen LogP contribution is 2.30. The predicted molar refractivity (Wildman–Crippen MR) is 85.3 cm³/mol. The second kappa shape index (κ2) is 5.71. The SMILES string of the molecule is CCc1ccc2nc3c(c(CCl)c2c1)CN(CC)CC3. The van der Waals surface area contributed by atoms with Crippen molar-refractivity contribution in [2.75, 3.05) is 13.1 Å².